The number of amides is 1. The van der Waals surface area contributed by atoms with E-state index in [0.717, 1.165) is 24.1 Å². The third kappa shape index (κ3) is 4.05. The molecule has 1 aliphatic rings. The average Bonchev–Trinajstić information content (AvgIpc) is 3.21. The summed E-state index contributed by atoms with van der Waals surface area (Å²) in [6.07, 6.45) is 2.14. The molecule has 1 fully saturated rings. The van der Waals surface area contributed by atoms with Crippen LogP contribution < -0.4 is 10.6 Å². The summed E-state index contributed by atoms with van der Waals surface area (Å²) < 4.78 is 5.61. The molecule has 0 radical (unpaired) electrons. The first-order valence-corrected chi connectivity index (χ1v) is 7.16. The van der Waals surface area contributed by atoms with Crippen LogP contribution in [0.15, 0.2) is 24.3 Å². The average molecular weight is 276 g/mol. The van der Waals surface area contributed by atoms with Gasteiger partial charge in [0.2, 0.25) is 0 Å². The normalized spacial score (nSPS) is 15.2. The number of nitrogens with zero attached hydrogens (tertiary/aromatic N) is 1. The molecule has 1 aromatic carbocycles. The van der Waals surface area contributed by atoms with Crippen molar-refractivity contribution in [2.75, 3.05) is 11.5 Å². The zero-order valence-corrected chi connectivity index (χ0v) is 12.6. The van der Waals surface area contributed by atoms with Gasteiger partial charge in [-0.3, -0.25) is 4.79 Å². The fraction of sp³-hybridized carbons (Fsp3) is 0.562. The van der Waals surface area contributed by atoms with Gasteiger partial charge in [0.1, 0.15) is 6.61 Å². The highest BCUT2D eigenvalue weighted by Gasteiger charge is 2.34. The molecule has 0 atom stereocenters. The number of rotatable bonds is 5. The molecule has 4 heteroatoms. The standard InChI is InChI=1S/C16H24N2O2/c1-16(2,3)20-11-15(19)18(14-8-9-14)13-6-4-12(10-17)5-7-13/h4-7,14H,8-11,17H2,1-3H3. The Kier molecular flexibility index (Phi) is 4.45. The van der Waals surface area contributed by atoms with Gasteiger partial charge in [0.05, 0.1) is 5.60 Å². The van der Waals surface area contributed by atoms with Gasteiger partial charge in [-0.2, -0.15) is 0 Å². The van der Waals surface area contributed by atoms with E-state index in [1.54, 1.807) is 0 Å². The first kappa shape index (κ1) is 15.0. The second-order valence-corrected chi connectivity index (χ2v) is 6.27. The molecule has 2 rings (SSSR count). The number of anilines is 1. The Morgan fingerprint density at radius 2 is 1.90 bits per heavy atom. The van der Waals surface area contributed by atoms with E-state index in [-0.39, 0.29) is 18.1 Å². The lowest BCUT2D eigenvalue weighted by atomic mass is 10.2. The van der Waals surface area contributed by atoms with Crippen molar-refractivity contribution in [2.45, 2.75) is 51.8 Å². The highest BCUT2D eigenvalue weighted by atomic mass is 16.5. The molecule has 0 spiro atoms. The lowest BCUT2D eigenvalue weighted by Crippen LogP contribution is -2.38. The van der Waals surface area contributed by atoms with Crippen LogP contribution in [0.2, 0.25) is 0 Å². The maximum Gasteiger partial charge on any atom is 0.253 e. The summed E-state index contributed by atoms with van der Waals surface area (Å²) in [4.78, 5) is 14.3. The zero-order chi connectivity index (χ0) is 14.8. The van der Waals surface area contributed by atoms with Gasteiger partial charge in [-0.1, -0.05) is 12.1 Å². The lowest BCUT2D eigenvalue weighted by Gasteiger charge is -2.25. The number of hydrogen-bond donors (Lipinski definition) is 1. The Bertz CT molecular complexity index is 458. The van der Waals surface area contributed by atoms with Crippen molar-refractivity contribution in [1.82, 2.24) is 0 Å². The van der Waals surface area contributed by atoms with Crippen LogP contribution in [0, 0.1) is 0 Å². The number of nitrogens with two attached hydrogens (primary N) is 1. The smallest absolute Gasteiger partial charge is 0.253 e. The predicted molar refractivity (Wildman–Crippen MR) is 80.5 cm³/mol. The molecular formula is C16H24N2O2. The summed E-state index contributed by atoms with van der Waals surface area (Å²) in [7, 11) is 0. The van der Waals surface area contributed by atoms with E-state index in [0.29, 0.717) is 12.6 Å². The highest BCUT2D eigenvalue weighted by molar-refractivity contribution is 5.95. The minimum Gasteiger partial charge on any atom is -0.366 e. The van der Waals surface area contributed by atoms with Crippen LogP contribution in [0.5, 0.6) is 0 Å². The van der Waals surface area contributed by atoms with E-state index < -0.39 is 0 Å². The summed E-state index contributed by atoms with van der Waals surface area (Å²) in [5.41, 5.74) is 7.31. The largest absolute Gasteiger partial charge is 0.366 e. The van der Waals surface area contributed by atoms with Gasteiger partial charge in [-0.05, 0) is 51.3 Å². The van der Waals surface area contributed by atoms with Crippen LogP contribution in [0.25, 0.3) is 0 Å². The second-order valence-electron chi connectivity index (χ2n) is 6.27. The Morgan fingerprint density at radius 1 is 1.30 bits per heavy atom. The molecule has 2 N–H and O–H groups in total. The van der Waals surface area contributed by atoms with Gasteiger partial charge in [0.15, 0.2) is 0 Å². The topological polar surface area (TPSA) is 55.6 Å². The first-order chi connectivity index (χ1) is 9.40. The summed E-state index contributed by atoms with van der Waals surface area (Å²) in [5.74, 6) is 0.0305. The van der Waals surface area contributed by atoms with Crippen molar-refractivity contribution < 1.29 is 9.53 Å². The maximum absolute atomic E-state index is 12.4. The molecule has 110 valence electrons. The molecule has 1 saturated carbocycles. The number of carbonyl (C=O) groups excluding carboxylic acids is 1. The van der Waals surface area contributed by atoms with Crippen LogP contribution >= 0.6 is 0 Å². The first-order valence-electron chi connectivity index (χ1n) is 7.16. The molecule has 20 heavy (non-hydrogen) atoms. The van der Waals surface area contributed by atoms with Crippen LogP contribution in [-0.2, 0) is 16.1 Å². The van der Waals surface area contributed by atoms with E-state index in [2.05, 4.69) is 0 Å². The third-order valence-corrected chi connectivity index (χ3v) is 3.26. The van der Waals surface area contributed by atoms with Crippen LogP contribution in [0.3, 0.4) is 0 Å². The lowest BCUT2D eigenvalue weighted by molar-refractivity contribution is -0.128. The van der Waals surface area contributed by atoms with E-state index in [1.165, 1.54) is 0 Å². The Balaban J connectivity index is 2.08. The molecule has 0 bridgehead atoms. The molecule has 1 aromatic rings. The van der Waals surface area contributed by atoms with Crippen molar-refractivity contribution in [3.8, 4) is 0 Å². The molecule has 0 aromatic heterocycles. The summed E-state index contributed by atoms with van der Waals surface area (Å²) in [5, 5.41) is 0. The summed E-state index contributed by atoms with van der Waals surface area (Å²) in [6, 6.07) is 8.21. The van der Waals surface area contributed by atoms with E-state index in [9.17, 15) is 4.79 Å². The van der Waals surface area contributed by atoms with Crippen molar-refractivity contribution in [2.24, 2.45) is 5.73 Å². The van der Waals surface area contributed by atoms with Gasteiger partial charge >= 0.3 is 0 Å². The molecule has 4 nitrogen and oxygen atoms in total. The minimum atomic E-state index is -0.297. The van der Waals surface area contributed by atoms with E-state index >= 15 is 0 Å². The van der Waals surface area contributed by atoms with Gasteiger partial charge in [0.25, 0.3) is 5.91 Å². The van der Waals surface area contributed by atoms with Gasteiger partial charge in [-0.15, -0.1) is 0 Å². The van der Waals surface area contributed by atoms with E-state index in [4.69, 9.17) is 10.5 Å². The number of hydrogen-bond acceptors (Lipinski definition) is 3. The molecule has 0 heterocycles. The molecular weight excluding hydrogens is 252 g/mol. The summed E-state index contributed by atoms with van der Waals surface area (Å²) >= 11 is 0. The van der Waals surface area contributed by atoms with E-state index in [1.807, 2.05) is 49.9 Å². The second kappa shape index (κ2) is 5.94. The van der Waals surface area contributed by atoms with Crippen LogP contribution in [0.4, 0.5) is 5.69 Å². The highest BCUT2D eigenvalue weighted by Crippen LogP contribution is 2.32. The van der Waals surface area contributed by atoms with Crippen LogP contribution in [0.1, 0.15) is 39.2 Å². The van der Waals surface area contributed by atoms with Gasteiger partial charge < -0.3 is 15.4 Å². The number of carbonyl (C=O) groups is 1. The number of benzene rings is 1. The van der Waals surface area contributed by atoms with Crippen LogP contribution in [-0.4, -0.2) is 24.2 Å². The molecule has 1 amide bonds. The third-order valence-electron chi connectivity index (χ3n) is 3.26. The Labute approximate surface area is 120 Å². The van der Waals surface area contributed by atoms with Crippen molar-refractivity contribution >= 4 is 11.6 Å². The molecule has 1 aliphatic carbocycles. The molecule has 0 saturated heterocycles. The van der Waals surface area contributed by atoms with Gasteiger partial charge in [-0.25, -0.2) is 0 Å². The number of ether oxygens (including phenoxy) is 1. The quantitative estimate of drug-likeness (QED) is 0.898. The van der Waals surface area contributed by atoms with Crippen molar-refractivity contribution in [1.29, 1.82) is 0 Å². The van der Waals surface area contributed by atoms with Gasteiger partial charge in [0, 0.05) is 18.3 Å². The monoisotopic (exact) mass is 276 g/mol. The predicted octanol–water partition coefficient (Wildman–Crippen LogP) is 2.46. The Hall–Kier alpha value is -1.39. The van der Waals surface area contributed by atoms with Crippen molar-refractivity contribution in [3.63, 3.8) is 0 Å². The summed E-state index contributed by atoms with van der Waals surface area (Å²) in [6.45, 7) is 6.51. The fourth-order valence-electron chi connectivity index (χ4n) is 2.03. The molecule has 0 unspecified atom stereocenters. The SMILES string of the molecule is CC(C)(C)OCC(=O)N(c1ccc(CN)cc1)C1CC1. The fourth-order valence-corrected chi connectivity index (χ4v) is 2.03. The Morgan fingerprint density at radius 3 is 2.35 bits per heavy atom. The minimum absolute atomic E-state index is 0.0305. The molecule has 0 aliphatic heterocycles. The van der Waals surface area contributed by atoms with Crippen molar-refractivity contribution in [3.05, 3.63) is 29.8 Å². The maximum atomic E-state index is 12.4. The zero-order valence-electron chi connectivity index (χ0n) is 12.6.